The quantitative estimate of drug-likeness (QED) is 0.650. The van der Waals surface area contributed by atoms with Crippen LogP contribution in [0.3, 0.4) is 0 Å². The topological polar surface area (TPSA) is 62.7 Å². The summed E-state index contributed by atoms with van der Waals surface area (Å²) in [7, 11) is 0. The Hall–Kier alpha value is -3.16. The third kappa shape index (κ3) is 4.93. The minimum absolute atomic E-state index is 0.0883. The standard InChI is InChI=1S/C19H18F3N5/c1-12(2)24-18-26-16(15-8-3-4-9-23-15)11-17(27-18)25-14-7-5-6-13(10-14)19(20,21)22/h3-12H,1-2H3,(H2,24,25,26,27). The monoisotopic (exact) mass is 373 g/mol. The fourth-order valence-corrected chi connectivity index (χ4v) is 2.40. The van der Waals surface area contributed by atoms with Crippen molar-refractivity contribution < 1.29 is 13.2 Å². The lowest BCUT2D eigenvalue weighted by molar-refractivity contribution is -0.137. The highest BCUT2D eigenvalue weighted by molar-refractivity contribution is 5.65. The molecule has 27 heavy (non-hydrogen) atoms. The van der Waals surface area contributed by atoms with E-state index < -0.39 is 11.7 Å². The largest absolute Gasteiger partial charge is 0.416 e. The number of hydrogen-bond acceptors (Lipinski definition) is 5. The molecule has 3 rings (SSSR count). The Kier molecular flexibility index (Phi) is 5.25. The second-order valence-electron chi connectivity index (χ2n) is 6.18. The van der Waals surface area contributed by atoms with Crippen LogP contribution in [0.1, 0.15) is 19.4 Å². The minimum Gasteiger partial charge on any atom is -0.352 e. The summed E-state index contributed by atoms with van der Waals surface area (Å²) in [6.07, 6.45) is -2.76. The van der Waals surface area contributed by atoms with Gasteiger partial charge in [-0.05, 0) is 44.2 Å². The summed E-state index contributed by atoms with van der Waals surface area (Å²) in [4.78, 5) is 13.1. The van der Waals surface area contributed by atoms with Crippen molar-refractivity contribution in [1.82, 2.24) is 15.0 Å². The maximum Gasteiger partial charge on any atom is 0.416 e. The first-order chi connectivity index (χ1) is 12.8. The number of aromatic nitrogens is 3. The zero-order chi connectivity index (χ0) is 19.4. The van der Waals surface area contributed by atoms with E-state index in [1.54, 1.807) is 30.5 Å². The van der Waals surface area contributed by atoms with Gasteiger partial charge in [-0.25, -0.2) is 4.98 Å². The molecule has 0 aliphatic carbocycles. The fourth-order valence-electron chi connectivity index (χ4n) is 2.40. The molecule has 0 aliphatic rings. The van der Waals surface area contributed by atoms with Gasteiger partial charge >= 0.3 is 6.18 Å². The van der Waals surface area contributed by atoms with Crippen LogP contribution in [0.2, 0.25) is 0 Å². The summed E-state index contributed by atoms with van der Waals surface area (Å²) in [5.41, 5.74) is 0.750. The van der Waals surface area contributed by atoms with E-state index in [0.29, 0.717) is 23.2 Å². The number of rotatable bonds is 5. The van der Waals surface area contributed by atoms with Gasteiger partial charge in [-0.3, -0.25) is 4.98 Å². The Morgan fingerprint density at radius 2 is 1.74 bits per heavy atom. The SMILES string of the molecule is CC(C)Nc1nc(Nc2cccc(C(F)(F)F)c2)cc(-c2ccccn2)n1. The molecule has 8 heteroatoms. The van der Waals surface area contributed by atoms with E-state index in [-0.39, 0.29) is 11.7 Å². The third-order valence-electron chi connectivity index (χ3n) is 3.53. The molecule has 2 N–H and O–H groups in total. The molecule has 0 spiro atoms. The Morgan fingerprint density at radius 1 is 0.926 bits per heavy atom. The molecule has 0 saturated heterocycles. The number of pyridine rings is 1. The second-order valence-corrected chi connectivity index (χ2v) is 6.18. The molecule has 0 unspecified atom stereocenters. The van der Waals surface area contributed by atoms with E-state index >= 15 is 0 Å². The van der Waals surface area contributed by atoms with E-state index in [2.05, 4.69) is 25.6 Å². The summed E-state index contributed by atoms with van der Waals surface area (Å²) in [6, 6.07) is 12.1. The van der Waals surface area contributed by atoms with Crippen molar-refractivity contribution in [2.24, 2.45) is 0 Å². The van der Waals surface area contributed by atoms with E-state index in [4.69, 9.17) is 0 Å². The van der Waals surface area contributed by atoms with Crippen molar-refractivity contribution in [3.8, 4) is 11.4 Å². The second kappa shape index (κ2) is 7.61. The molecular weight excluding hydrogens is 355 g/mol. The van der Waals surface area contributed by atoms with Crippen LogP contribution in [0, 0.1) is 0 Å². The number of alkyl halides is 3. The van der Waals surface area contributed by atoms with Crippen molar-refractivity contribution in [3.05, 3.63) is 60.3 Å². The van der Waals surface area contributed by atoms with Crippen molar-refractivity contribution in [3.63, 3.8) is 0 Å². The predicted octanol–water partition coefficient (Wildman–Crippen LogP) is 5.12. The lowest BCUT2D eigenvalue weighted by Gasteiger charge is -2.14. The van der Waals surface area contributed by atoms with Crippen LogP contribution in [0.4, 0.5) is 30.6 Å². The van der Waals surface area contributed by atoms with E-state index in [1.165, 1.54) is 6.07 Å². The van der Waals surface area contributed by atoms with Gasteiger partial charge in [0.05, 0.1) is 17.0 Å². The van der Waals surface area contributed by atoms with Gasteiger partial charge in [0.25, 0.3) is 0 Å². The lowest BCUT2D eigenvalue weighted by atomic mass is 10.2. The summed E-state index contributed by atoms with van der Waals surface area (Å²) in [5, 5.41) is 6.03. The van der Waals surface area contributed by atoms with Crippen LogP contribution < -0.4 is 10.6 Å². The molecule has 0 radical (unpaired) electrons. The molecule has 0 aliphatic heterocycles. The number of nitrogens with one attached hydrogen (secondary N) is 2. The molecule has 0 atom stereocenters. The first-order valence-electron chi connectivity index (χ1n) is 8.32. The summed E-state index contributed by atoms with van der Waals surface area (Å²) in [5.74, 6) is 0.732. The van der Waals surface area contributed by atoms with Crippen LogP contribution in [-0.2, 0) is 6.18 Å². The molecule has 2 heterocycles. The summed E-state index contributed by atoms with van der Waals surface area (Å²) in [6.45, 7) is 3.88. The van der Waals surface area contributed by atoms with Crippen molar-refractivity contribution in [1.29, 1.82) is 0 Å². The third-order valence-corrected chi connectivity index (χ3v) is 3.53. The van der Waals surface area contributed by atoms with Crippen LogP contribution >= 0.6 is 0 Å². The Morgan fingerprint density at radius 3 is 2.41 bits per heavy atom. The van der Waals surface area contributed by atoms with Gasteiger partial charge in [0.1, 0.15) is 5.82 Å². The fraction of sp³-hybridized carbons (Fsp3) is 0.211. The molecule has 0 saturated carbocycles. The number of benzene rings is 1. The maximum absolute atomic E-state index is 12.9. The molecule has 2 aromatic heterocycles. The maximum atomic E-state index is 12.9. The molecular formula is C19H18F3N5. The van der Waals surface area contributed by atoms with Crippen LogP contribution in [0.5, 0.6) is 0 Å². The zero-order valence-electron chi connectivity index (χ0n) is 14.7. The Bertz CT molecular complexity index is 911. The summed E-state index contributed by atoms with van der Waals surface area (Å²) < 4.78 is 38.8. The van der Waals surface area contributed by atoms with Crippen molar-refractivity contribution in [2.45, 2.75) is 26.1 Å². The smallest absolute Gasteiger partial charge is 0.352 e. The van der Waals surface area contributed by atoms with E-state index in [0.717, 1.165) is 12.1 Å². The van der Waals surface area contributed by atoms with Gasteiger partial charge in [0.15, 0.2) is 0 Å². The van der Waals surface area contributed by atoms with Gasteiger partial charge in [-0.2, -0.15) is 18.2 Å². The van der Waals surface area contributed by atoms with E-state index in [9.17, 15) is 13.2 Å². The highest BCUT2D eigenvalue weighted by Gasteiger charge is 2.30. The highest BCUT2D eigenvalue weighted by atomic mass is 19.4. The Balaban J connectivity index is 1.97. The number of halogens is 3. The average Bonchev–Trinajstić information content (AvgIpc) is 2.61. The van der Waals surface area contributed by atoms with Crippen molar-refractivity contribution >= 4 is 17.5 Å². The molecule has 0 amide bonds. The number of anilines is 3. The number of nitrogens with zero attached hydrogens (tertiary/aromatic N) is 3. The van der Waals surface area contributed by atoms with E-state index in [1.807, 2.05) is 19.9 Å². The first-order valence-corrected chi connectivity index (χ1v) is 8.32. The molecule has 5 nitrogen and oxygen atoms in total. The molecule has 0 fully saturated rings. The molecule has 0 bridgehead atoms. The van der Waals surface area contributed by atoms with Gasteiger partial charge in [0.2, 0.25) is 5.95 Å². The lowest BCUT2D eigenvalue weighted by Crippen LogP contribution is -2.13. The summed E-state index contributed by atoms with van der Waals surface area (Å²) >= 11 is 0. The Labute approximate surface area is 154 Å². The van der Waals surface area contributed by atoms with Gasteiger partial charge in [-0.1, -0.05) is 12.1 Å². The van der Waals surface area contributed by atoms with Gasteiger partial charge < -0.3 is 10.6 Å². The van der Waals surface area contributed by atoms with Crippen LogP contribution in [0.15, 0.2) is 54.7 Å². The molecule has 1 aromatic carbocycles. The molecule has 140 valence electrons. The zero-order valence-corrected chi connectivity index (χ0v) is 14.7. The minimum atomic E-state index is -4.41. The van der Waals surface area contributed by atoms with Crippen LogP contribution in [-0.4, -0.2) is 21.0 Å². The average molecular weight is 373 g/mol. The highest BCUT2D eigenvalue weighted by Crippen LogP contribution is 2.31. The van der Waals surface area contributed by atoms with Crippen LogP contribution in [0.25, 0.3) is 11.4 Å². The van der Waals surface area contributed by atoms with Gasteiger partial charge in [-0.15, -0.1) is 0 Å². The van der Waals surface area contributed by atoms with Gasteiger partial charge in [0, 0.05) is 24.0 Å². The number of hydrogen-bond donors (Lipinski definition) is 2. The molecule has 3 aromatic rings. The normalized spacial score (nSPS) is 11.5. The first kappa shape index (κ1) is 18.6. The van der Waals surface area contributed by atoms with Crippen molar-refractivity contribution in [2.75, 3.05) is 10.6 Å². The predicted molar refractivity (Wildman–Crippen MR) is 98.7 cm³/mol.